The summed E-state index contributed by atoms with van der Waals surface area (Å²) in [6, 6.07) is 8.13. The van der Waals surface area contributed by atoms with Crippen LogP contribution < -0.4 is 5.32 Å². The highest BCUT2D eigenvalue weighted by molar-refractivity contribution is 9.10. The zero-order chi connectivity index (χ0) is 18.7. The maximum atomic E-state index is 11.9. The summed E-state index contributed by atoms with van der Waals surface area (Å²) in [5.41, 5.74) is 1.41. The predicted octanol–water partition coefficient (Wildman–Crippen LogP) is 5.27. The number of thiazole rings is 1. The van der Waals surface area contributed by atoms with Crippen LogP contribution in [0.5, 0.6) is 0 Å². The van der Waals surface area contributed by atoms with Gasteiger partial charge in [0.2, 0.25) is 5.76 Å². The van der Waals surface area contributed by atoms with E-state index in [2.05, 4.69) is 26.2 Å². The fraction of sp³-hybridized carbons (Fsp3) is 0.0625. The first kappa shape index (κ1) is 18.9. The number of nitrogens with zero attached hydrogens (tertiary/aromatic N) is 1. The number of furan rings is 1. The summed E-state index contributed by atoms with van der Waals surface area (Å²) in [5.74, 6) is -1.25. The van der Waals surface area contributed by atoms with E-state index in [9.17, 15) is 9.59 Å². The van der Waals surface area contributed by atoms with E-state index in [0.29, 0.717) is 25.5 Å². The van der Waals surface area contributed by atoms with Crippen LogP contribution in [0.25, 0.3) is 11.3 Å². The van der Waals surface area contributed by atoms with Crippen molar-refractivity contribution in [3.05, 3.63) is 56.2 Å². The molecule has 3 rings (SSSR count). The molecular formula is C16H9BrCl2N2O4S. The summed E-state index contributed by atoms with van der Waals surface area (Å²) in [6.45, 7) is -0.459. The van der Waals surface area contributed by atoms with E-state index in [0.717, 1.165) is 5.56 Å². The fourth-order valence-electron chi connectivity index (χ4n) is 1.90. The van der Waals surface area contributed by atoms with E-state index in [1.807, 2.05) is 0 Å². The molecule has 0 saturated heterocycles. The van der Waals surface area contributed by atoms with E-state index < -0.39 is 18.5 Å². The molecule has 0 unspecified atom stereocenters. The van der Waals surface area contributed by atoms with E-state index in [4.69, 9.17) is 32.4 Å². The monoisotopic (exact) mass is 474 g/mol. The molecule has 0 aliphatic rings. The average molecular weight is 476 g/mol. The summed E-state index contributed by atoms with van der Waals surface area (Å²) in [5, 5.41) is 5.56. The number of aromatic nitrogens is 1. The normalized spacial score (nSPS) is 10.6. The van der Waals surface area contributed by atoms with Crippen LogP contribution in [0.1, 0.15) is 10.6 Å². The molecule has 0 bridgehead atoms. The second-order valence-corrected chi connectivity index (χ2v) is 7.35. The smallest absolute Gasteiger partial charge is 0.374 e. The number of rotatable bonds is 5. The quantitative estimate of drug-likeness (QED) is 0.508. The van der Waals surface area contributed by atoms with Crippen molar-refractivity contribution in [1.82, 2.24) is 4.98 Å². The summed E-state index contributed by atoms with van der Waals surface area (Å²) in [7, 11) is 0. The first-order valence-corrected chi connectivity index (χ1v) is 9.48. The summed E-state index contributed by atoms with van der Waals surface area (Å²) in [6.07, 6.45) is 0. The van der Waals surface area contributed by atoms with Gasteiger partial charge in [-0.3, -0.25) is 10.1 Å². The Balaban J connectivity index is 1.57. The highest BCUT2D eigenvalue weighted by atomic mass is 79.9. The highest BCUT2D eigenvalue weighted by Gasteiger charge is 2.15. The summed E-state index contributed by atoms with van der Waals surface area (Å²) in [4.78, 5) is 27.9. The molecular weight excluding hydrogens is 467 g/mol. The zero-order valence-electron chi connectivity index (χ0n) is 12.8. The molecule has 1 amide bonds. The van der Waals surface area contributed by atoms with Crippen LogP contribution >= 0.6 is 50.5 Å². The number of hydrogen-bond acceptors (Lipinski definition) is 6. The Hall–Kier alpha value is -1.87. The zero-order valence-corrected chi connectivity index (χ0v) is 16.7. The topological polar surface area (TPSA) is 81.4 Å². The van der Waals surface area contributed by atoms with Crippen molar-refractivity contribution in [3.63, 3.8) is 0 Å². The Morgan fingerprint density at radius 3 is 2.73 bits per heavy atom. The second-order valence-electron chi connectivity index (χ2n) is 4.89. The second kappa shape index (κ2) is 8.22. The van der Waals surface area contributed by atoms with E-state index in [1.54, 1.807) is 29.6 Å². The minimum absolute atomic E-state index is 0.000766. The molecule has 1 aromatic carbocycles. The van der Waals surface area contributed by atoms with Crippen LogP contribution in [0.2, 0.25) is 10.0 Å². The fourth-order valence-corrected chi connectivity index (χ4v) is 3.24. The van der Waals surface area contributed by atoms with Crippen LogP contribution in [0.15, 0.2) is 44.8 Å². The number of carbonyl (C=O) groups excluding carboxylic acids is 2. The number of anilines is 1. The van der Waals surface area contributed by atoms with Crippen LogP contribution in [0.4, 0.5) is 5.13 Å². The number of hydrogen-bond donors (Lipinski definition) is 1. The van der Waals surface area contributed by atoms with Gasteiger partial charge in [-0.05, 0) is 40.2 Å². The molecule has 0 fully saturated rings. The minimum atomic E-state index is -0.735. The number of carbonyl (C=O) groups is 2. The van der Waals surface area contributed by atoms with Crippen LogP contribution in [0, 0.1) is 0 Å². The summed E-state index contributed by atoms with van der Waals surface area (Å²) < 4.78 is 10.3. The molecule has 2 heterocycles. The number of amides is 1. The molecule has 2 aromatic heterocycles. The first-order chi connectivity index (χ1) is 12.4. The molecule has 0 atom stereocenters. The van der Waals surface area contributed by atoms with Gasteiger partial charge in [-0.25, -0.2) is 9.78 Å². The van der Waals surface area contributed by atoms with Gasteiger partial charge in [-0.15, -0.1) is 11.3 Å². The molecule has 134 valence electrons. The third kappa shape index (κ3) is 4.64. The number of esters is 1. The average Bonchev–Trinajstić information content (AvgIpc) is 3.24. The van der Waals surface area contributed by atoms with Crippen molar-refractivity contribution in [2.45, 2.75) is 0 Å². The van der Waals surface area contributed by atoms with Crippen molar-refractivity contribution >= 4 is 67.5 Å². The van der Waals surface area contributed by atoms with Gasteiger partial charge in [0.15, 0.2) is 16.4 Å². The van der Waals surface area contributed by atoms with Crippen molar-refractivity contribution in [2.24, 2.45) is 0 Å². The Labute approximate surface area is 170 Å². The molecule has 3 aromatic rings. The van der Waals surface area contributed by atoms with Crippen LogP contribution in [-0.2, 0) is 9.53 Å². The third-order valence-corrected chi connectivity index (χ3v) is 5.00. The van der Waals surface area contributed by atoms with E-state index in [1.165, 1.54) is 17.4 Å². The molecule has 0 saturated carbocycles. The van der Waals surface area contributed by atoms with Gasteiger partial charge in [0.25, 0.3) is 5.91 Å². The van der Waals surface area contributed by atoms with Crippen molar-refractivity contribution in [2.75, 3.05) is 11.9 Å². The predicted molar refractivity (Wildman–Crippen MR) is 103 cm³/mol. The molecule has 0 spiro atoms. The highest BCUT2D eigenvalue weighted by Crippen LogP contribution is 2.30. The van der Waals surface area contributed by atoms with Gasteiger partial charge in [-0.2, -0.15) is 0 Å². The maximum absolute atomic E-state index is 11.9. The lowest BCUT2D eigenvalue weighted by atomic mass is 10.2. The molecule has 6 nitrogen and oxygen atoms in total. The van der Waals surface area contributed by atoms with Crippen LogP contribution in [0.3, 0.4) is 0 Å². The number of ether oxygens (including phenoxy) is 1. The van der Waals surface area contributed by atoms with Crippen molar-refractivity contribution in [3.8, 4) is 11.3 Å². The molecule has 0 aliphatic carbocycles. The largest absolute Gasteiger partial charge is 0.450 e. The molecule has 0 radical (unpaired) electrons. The lowest BCUT2D eigenvalue weighted by molar-refractivity contribution is -0.119. The standard InChI is InChI=1S/C16H9BrCl2N2O4S/c17-13-4-3-12(25-13)15(23)24-6-14(22)21-16-20-11(7-26-16)8-1-2-9(18)10(19)5-8/h1-5,7H,6H2,(H,20,21,22). The van der Waals surface area contributed by atoms with Crippen molar-refractivity contribution in [1.29, 1.82) is 0 Å². The summed E-state index contributed by atoms with van der Waals surface area (Å²) >= 11 is 16.2. The Morgan fingerprint density at radius 1 is 1.23 bits per heavy atom. The molecule has 1 N–H and O–H groups in total. The van der Waals surface area contributed by atoms with Gasteiger partial charge in [0.1, 0.15) is 0 Å². The van der Waals surface area contributed by atoms with Gasteiger partial charge in [0, 0.05) is 10.9 Å². The van der Waals surface area contributed by atoms with E-state index >= 15 is 0 Å². The number of nitrogens with one attached hydrogen (secondary N) is 1. The van der Waals surface area contributed by atoms with E-state index in [-0.39, 0.29) is 5.76 Å². The lowest BCUT2D eigenvalue weighted by Gasteiger charge is -2.03. The SMILES string of the molecule is O=C(COC(=O)c1ccc(Br)o1)Nc1nc(-c2ccc(Cl)c(Cl)c2)cs1. The van der Waals surface area contributed by atoms with Gasteiger partial charge >= 0.3 is 5.97 Å². The van der Waals surface area contributed by atoms with Gasteiger partial charge in [-0.1, -0.05) is 29.3 Å². The number of benzene rings is 1. The molecule has 0 aliphatic heterocycles. The van der Waals surface area contributed by atoms with Gasteiger partial charge < -0.3 is 9.15 Å². The molecule has 26 heavy (non-hydrogen) atoms. The third-order valence-electron chi connectivity index (χ3n) is 3.07. The number of halogens is 3. The Bertz CT molecular complexity index is 973. The van der Waals surface area contributed by atoms with Crippen LogP contribution in [-0.4, -0.2) is 23.5 Å². The van der Waals surface area contributed by atoms with Gasteiger partial charge in [0.05, 0.1) is 15.7 Å². The first-order valence-electron chi connectivity index (χ1n) is 7.05. The lowest BCUT2D eigenvalue weighted by Crippen LogP contribution is -2.20. The minimum Gasteiger partial charge on any atom is -0.450 e. The maximum Gasteiger partial charge on any atom is 0.374 e. The molecule has 10 heteroatoms. The Morgan fingerprint density at radius 2 is 2.04 bits per heavy atom. The Kier molecular flexibility index (Phi) is 5.98. The van der Waals surface area contributed by atoms with Crippen molar-refractivity contribution < 1.29 is 18.7 Å².